The van der Waals surface area contributed by atoms with Gasteiger partial charge in [-0.15, -0.1) is 24.0 Å². The third-order valence-electron chi connectivity index (χ3n) is 6.07. The van der Waals surface area contributed by atoms with Crippen molar-refractivity contribution >= 4 is 29.9 Å². The number of aliphatic imine (C=N–C) groups is 1. The Bertz CT molecular complexity index is 703. The lowest BCUT2D eigenvalue weighted by Gasteiger charge is -2.38. The molecular weight excluding hydrogens is 501 g/mol. The molecule has 31 heavy (non-hydrogen) atoms. The molecule has 0 radical (unpaired) electrons. The molecule has 3 rings (SSSR count). The number of rotatable bonds is 7. The quantitative estimate of drug-likeness (QED) is 0.312. The maximum atomic E-state index is 6.18. The van der Waals surface area contributed by atoms with E-state index in [4.69, 9.17) is 9.73 Å². The number of likely N-dealkylation sites (N-methyl/N-ethyl adjacent to an activating group) is 1. The van der Waals surface area contributed by atoms with Crippen LogP contribution in [0.15, 0.2) is 29.3 Å². The summed E-state index contributed by atoms with van der Waals surface area (Å²) in [5, 5.41) is 7.12. The van der Waals surface area contributed by atoms with Gasteiger partial charge < -0.3 is 25.2 Å². The van der Waals surface area contributed by atoms with Crippen LogP contribution in [0.3, 0.4) is 0 Å². The molecule has 2 N–H and O–H groups in total. The van der Waals surface area contributed by atoms with Gasteiger partial charge in [0.05, 0.1) is 6.04 Å². The molecule has 0 aliphatic carbocycles. The second-order valence-corrected chi connectivity index (χ2v) is 9.36. The summed E-state index contributed by atoms with van der Waals surface area (Å²) in [5.41, 5.74) is 1.02. The summed E-state index contributed by atoms with van der Waals surface area (Å²) < 4.78 is 6.18. The maximum absolute atomic E-state index is 6.18. The number of nitrogens with zero attached hydrogens (tertiary/aromatic N) is 3. The fourth-order valence-corrected chi connectivity index (χ4v) is 4.45. The van der Waals surface area contributed by atoms with Crippen LogP contribution in [0.5, 0.6) is 5.75 Å². The molecule has 0 spiro atoms. The Morgan fingerprint density at radius 2 is 1.84 bits per heavy atom. The fraction of sp³-hybridized carbons (Fsp3) is 0.708. The second kappa shape index (κ2) is 12.3. The average Bonchev–Trinajstić information content (AvgIpc) is 2.72. The van der Waals surface area contributed by atoms with E-state index in [1.807, 2.05) is 6.07 Å². The molecule has 0 saturated carbocycles. The van der Waals surface area contributed by atoms with Crippen molar-refractivity contribution in [3.05, 3.63) is 29.8 Å². The zero-order valence-corrected chi connectivity index (χ0v) is 22.3. The number of hydrogen-bond donors (Lipinski definition) is 2. The molecule has 6 nitrogen and oxygen atoms in total. The molecule has 2 heterocycles. The van der Waals surface area contributed by atoms with Gasteiger partial charge in [0.25, 0.3) is 0 Å². The highest BCUT2D eigenvalue weighted by atomic mass is 127. The molecule has 1 fully saturated rings. The topological polar surface area (TPSA) is 52.1 Å². The molecule has 176 valence electrons. The van der Waals surface area contributed by atoms with E-state index in [0.717, 1.165) is 44.3 Å². The number of para-hydroxylation sites is 1. The molecule has 0 bridgehead atoms. The maximum Gasteiger partial charge on any atom is 0.191 e. The first kappa shape index (κ1) is 26.2. The molecule has 2 aliphatic heterocycles. The van der Waals surface area contributed by atoms with Gasteiger partial charge >= 0.3 is 0 Å². The van der Waals surface area contributed by atoms with E-state index in [-0.39, 0.29) is 35.6 Å². The lowest BCUT2D eigenvalue weighted by Crippen LogP contribution is -2.47. The van der Waals surface area contributed by atoms with E-state index >= 15 is 0 Å². The molecule has 1 saturated heterocycles. The Morgan fingerprint density at radius 1 is 1.16 bits per heavy atom. The SMILES string of the molecule is CCNC(=NCC(C)CN1CCN(CC)CC1)NC1CC(C)(C)Oc2ccccc21.I. The number of benzene rings is 1. The zero-order valence-electron chi connectivity index (χ0n) is 20.0. The summed E-state index contributed by atoms with van der Waals surface area (Å²) in [6.45, 7) is 19.7. The first-order chi connectivity index (χ1) is 14.4. The van der Waals surface area contributed by atoms with Gasteiger partial charge in [0, 0.05) is 57.8 Å². The van der Waals surface area contributed by atoms with Crippen LogP contribution >= 0.6 is 24.0 Å². The van der Waals surface area contributed by atoms with E-state index in [1.165, 1.54) is 31.7 Å². The molecule has 1 aromatic carbocycles. The number of hydrogen-bond acceptors (Lipinski definition) is 4. The number of guanidine groups is 1. The van der Waals surface area contributed by atoms with Gasteiger partial charge in [-0.1, -0.05) is 32.0 Å². The third-order valence-corrected chi connectivity index (χ3v) is 6.07. The minimum atomic E-state index is -0.197. The van der Waals surface area contributed by atoms with Gasteiger partial charge in [0.2, 0.25) is 0 Å². The van der Waals surface area contributed by atoms with Gasteiger partial charge in [-0.2, -0.15) is 0 Å². The lowest BCUT2D eigenvalue weighted by molar-refractivity contribution is 0.0694. The second-order valence-electron chi connectivity index (χ2n) is 9.36. The minimum absolute atomic E-state index is 0. The predicted octanol–water partition coefficient (Wildman–Crippen LogP) is 3.74. The lowest BCUT2D eigenvalue weighted by atomic mass is 9.90. The molecule has 2 aliphatic rings. The van der Waals surface area contributed by atoms with E-state index < -0.39 is 0 Å². The summed E-state index contributed by atoms with van der Waals surface area (Å²) in [6, 6.07) is 8.54. The summed E-state index contributed by atoms with van der Waals surface area (Å²) in [7, 11) is 0. The van der Waals surface area contributed by atoms with Crippen molar-refractivity contribution in [2.45, 2.75) is 52.7 Å². The van der Waals surface area contributed by atoms with Crippen molar-refractivity contribution in [3.63, 3.8) is 0 Å². The van der Waals surface area contributed by atoms with Crippen LogP contribution < -0.4 is 15.4 Å². The Morgan fingerprint density at radius 3 is 2.52 bits per heavy atom. The van der Waals surface area contributed by atoms with Crippen molar-refractivity contribution in [1.82, 2.24) is 20.4 Å². The Hall–Kier alpha value is -1.06. The Kier molecular flexibility index (Phi) is 10.4. The summed E-state index contributed by atoms with van der Waals surface area (Å²) in [5.74, 6) is 2.41. The van der Waals surface area contributed by atoms with E-state index in [1.54, 1.807) is 0 Å². The average molecular weight is 544 g/mol. The highest BCUT2D eigenvalue weighted by molar-refractivity contribution is 14.0. The van der Waals surface area contributed by atoms with Crippen LogP contribution in [0.4, 0.5) is 0 Å². The number of fused-ring (bicyclic) bond motifs is 1. The van der Waals surface area contributed by atoms with Crippen molar-refractivity contribution in [3.8, 4) is 5.75 Å². The van der Waals surface area contributed by atoms with Crippen molar-refractivity contribution in [2.75, 3.05) is 52.4 Å². The first-order valence-electron chi connectivity index (χ1n) is 11.7. The molecule has 1 aromatic rings. The fourth-order valence-electron chi connectivity index (χ4n) is 4.45. The van der Waals surface area contributed by atoms with E-state index in [2.05, 4.69) is 73.3 Å². The molecule has 0 amide bonds. The Labute approximate surface area is 206 Å². The van der Waals surface area contributed by atoms with Crippen LogP contribution in [-0.2, 0) is 0 Å². The molecular formula is C24H42IN5O. The first-order valence-corrected chi connectivity index (χ1v) is 11.7. The van der Waals surface area contributed by atoms with E-state index in [9.17, 15) is 0 Å². The third kappa shape index (κ3) is 7.79. The van der Waals surface area contributed by atoms with Gasteiger partial charge in [-0.25, -0.2) is 0 Å². The van der Waals surface area contributed by atoms with Crippen LogP contribution in [0, 0.1) is 5.92 Å². The van der Waals surface area contributed by atoms with Gasteiger partial charge in [-0.05, 0) is 39.3 Å². The van der Waals surface area contributed by atoms with Crippen molar-refractivity contribution in [1.29, 1.82) is 0 Å². The van der Waals surface area contributed by atoms with Crippen LogP contribution in [0.2, 0.25) is 0 Å². The van der Waals surface area contributed by atoms with E-state index in [0.29, 0.717) is 5.92 Å². The van der Waals surface area contributed by atoms with Crippen LogP contribution in [-0.4, -0.2) is 73.7 Å². The van der Waals surface area contributed by atoms with Crippen molar-refractivity contribution < 1.29 is 4.74 Å². The van der Waals surface area contributed by atoms with Gasteiger partial charge in [0.1, 0.15) is 11.4 Å². The predicted molar refractivity (Wildman–Crippen MR) is 141 cm³/mol. The number of nitrogens with one attached hydrogen (secondary N) is 2. The molecule has 2 atom stereocenters. The minimum Gasteiger partial charge on any atom is -0.487 e. The molecule has 2 unspecified atom stereocenters. The molecule has 7 heteroatoms. The number of piperazine rings is 1. The summed E-state index contributed by atoms with van der Waals surface area (Å²) in [4.78, 5) is 10.1. The van der Waals surface area contributed by atoms with Crippen molar-refractivity contribution in [2.24, 2.45) is 10.9 Å². The standard InChI is InChI=1S/C24H41N5O.HI/c1-6-25-23(26-17-19(3)18-29-14-12-28(7-2)13-15-29)27-21-16-24(4,5)30-22-11-9-8-10-20(21)22;/h8-11,19,21H,6-7,12-18H2,1-5H3,(H2,25,26,27);1H. The highest BCUT2D eigenvalue weighted by Gasteiger charge is 2.34. The smallest absolute Gasteiger partial charge is 0.191 e. The monoisotopic (exact) mass is 543 g/mol. The normalized spacial score (nSPS) is 22.6. The summed E-state index contributed by atoms with van der Waals surface area (Å²) in [6.07, 6.45) is 0.908. The number of halogens is 1. The Balaban J connectivity index is 0.00000341. The number of ether oxygens (including phenoxy) is 1. The largest absolute Gasteiger partial charge is 0.487 e. The summed E-state index contributed by atoms with van der Waals surface area (Å²) >= 11 is 0. The zero-order chi connectivity index (χ0) is 21.6. The highest BCUT2D eigenvalue weighted by Crippen LogP contribution is 2.39. The van der Waals surface area contributed by atoms with Crippen LogP contribution in [0.1, 0.15) is 52.6 Å². The van der Waals surface area contributed by atoms with Gasteiger partial charge in [-0.3, -0.25) is 4.99 Å². The van der Waals surface area contributed by atoms with Crippen LogP contribution in [0.25, 0.3) is 0 Å². The van der Waals surface area contributed by atoms with Gasteiger partial charge in [0.15, 0.2) is 5.96 Å². The molecule has 0 aromatic heterocycles.